The van der Waals surface area contributed by atoms with Gasteiger partial charge in [-0.15, -0.1) is 0 Å². The Labute approximate surface area is 197 Å². The summed E-state index contributed by atoms with van der Waals surface area (Å²) in [6.45, 7) is 2.06. The molecule has 0 N–H and O–H groups in total. The largest absolute Gasteiger partial charge is 0.497 e. The first-order valence-electron chi connectivity index (χ1n) is 11.1. The zero-order chi connectivity index (χ0) is 23.7. The van der Waals surface area contributed by atoms with E-state index in [1.807, 2.05) is 41.3 Å². The van der Waals surface area contributed by atoms with Crippen molar-refractivity contribution in [1.29, 1.82) is 5.26 Å². The summed E-state index contributed by atoms with van der Waals surface area (Å²) in [4.78, 5) is 21.8. The number of nitrogens with zero attached hydrogens (tertiary/aromatic N) is 6. The van der Waals surface area contributed by atoms with Crippen LogP contribution < -0.4 is 14.5 Å². The summed E-state index contributed by atoms with van der Waals surface area (Å²) in [5.41, 5.74) is 3.83. The van der Waals surface area contributed by atoms with Crippen molar-refractivity contribution in [3.8, 4) is 17.5 Å². The van der Waals surface area contributed by atoms with Gasteiger partial charge in [0, 0.05) is 36.6 Å². The van der Waals surface area contributed by atoms with Crippen LogP contribution in [0.4, 0.5) is 11.4 Å². The van der Waals surface area contributed by atoms with Crippen molar-refractivity contribution in [2.24, 2.45) is 4.99 Å². The molecular formula is C25H24N6O3. The smallest absolute Gasteiger partial charge is 0.291 e. The second kappa shape index (κ2) is 8.90. The number of ether oxygens (including phenoxy) is 2. The summed E-state index contributed by atoms with van der Waals surface area (Å²) < 4.78 is 12.2. The second-order valence-electron chi connectivity index (χ2n) is 7.99. The maximum absolute atomic E-state index is 13.6. The second-order valence-corrected chi connectivity index (χ2v) is 7.99. The molecule has 0 bridgehead atoms. The number of fused-ring (bicyclic) bond motifs is 1. The van der Waals surface area contributed by atoms with E-state index in [0.29, 0.717) is 41.7 Å². The zero-order valence-corrected chi connectivity index (χ0v) is 19.1. The van der Waals surface area contributed by atoms with Crippen LogP contribution in [0.2, 0.25) is 0 Å². The summed E-state index contributed by atoms with van der Waals surface area (Å²) in [5.74, 6) is 0.518. The molecule has 5 rings (SSSR count). The molecular weight excluding hydrogens is 432 g/mol. The molecule has 0 aliphatic carbocycles. The van der Waals surface area contributed by atoms with E-state index in [4.69, 9.17) is 9.47 Å². The number of anilines is 2. The number of carbonyl (C=O) groups is 1. The highest BCUT2D eigenvalue weighted by Gasteiger charge is 2.33. The highest BCUT2D eigenvalue weighted by atomic mass is 16.5. The number of methoxy groups -OCH3 is 2. The highest BCUT2D eigenvalue weighted by Crippen LogP contribution is 2.30. The number of rotatable bonds is 4. The van der Waals surface area contributed by atoms with Crippen LogP contribution in [-0.2, 0) is 11.2 Å². The van der Waals surface area contributed by atoms with E-state index >= 15 is 0 Å². The van der Waals surface area contributed by atoms with Crippen LogP contribution in [0.25, 0.3) is 5.69 Å². The van der Waals surface area contributed by atoms with Gasteiger partial charge in [0.15, 0.2) is 5.69 Å². The van der Waals surface area contributed by atoms with Crippen molar-refractivity contribution in [3.05, 3.63) is 65.5 Å². The molecule has 9 heteroatoms. The molecule has 2 aliphatic heterocycles. The molecule has 9 nitrogen and oxygen atoms in total. The Kier molecular flexibility index (Phi) is 5.64. The Morgan fingerprint density at radius 3 is 2.24 bits per heavy atom. The molecule has 0 radical (unpaired) electrons. The molecule has 0 saturated carbocycles. The van der Waals surface area contributed by atoms with Gasteiger partial charge in [-0.05, 0) is 61.4 Å². The molecule has 34 heavy (non-hydrogen) atoms. The first kappa shape index (κ1) is 21.5. The zero-order valence-electron chi connectivity index (χ0n) is 19.1. The minimum atomic E-state index is -0.184. The third kappa shape index (κ3) is 3.63. The molecule has 0 saturated heterocycles. The van der Waals surface area contributed by atoms with Crippen LogP contribution in [0.5, 0.6) is 5.75 Å². The molecule has 3 aromatic rings. The molecule has 3 heterocycles. The Balaban J connectivity index is 1.47. The topological polar surface area (TPSA) is 96.0 Å². The van der Waals surface area contributed by atoms with Crippen LogP contribution in [0, 0.1) is 11.3 Å². The predicted molar refractivity (Wildman–Crippen MR) is 128 cm³/mol. The summed E-state index contributed by atoms with van der Waals surface area (Å²) in [7, 11) is 3.22. The Bertz CT molecular complexity index is 1290. The Morgan fingerprint density at radius 2 is 1.59 bits per heavy atom. The number of amides is 1. The Morgan fingerprint density at radius 1 is 0.912 bits per heavy atom. The fourth-order valence-corrected chi connectivity index (χ4v) is 4.42. The highest BCUT2D eigenvalue weighted by molar-refractivity contribution is 6.08. The van der Waals surface area contributed by atoms with Gasteiger partial charge in [-0.3, -0.25) is 9.69 Å². The number of carbonyl (C=O) groups excluding carboxylic acids is 1. The lowest BCUT2D eigenvalue weighted by molar-refractivity contribution is 0.0973. The van der Waals surface area contributed by atoms with Gasteiger partial charge in [-0.25, -0.2) is 9.67 Å². The maximum atomic E-state index is 13.6. The van der Waals surface area contributed by atoms with Crippen molar-refractivity contribution < 1.29 is 14.3 Å². The van der Waals surface area contributed by atoms with E-state index in [0.717, 1.165) is 30.9 Å². The molecule has 2 aromatic carbocycles. The van der Waals surface area contributed by atoms with Crippen molar-refractivity contribution in [2.45, 2.75) is 12.8 Å². The molecule has 0 unspecified atom stereocenters. The summed E-state index contributed by atoms with van der Waals surface area (Å²) in [5, 5.41) is 14.0. The van der Waals surface area contributed by atoms with Crippen LogP contribution in [0.15, 0.2) is 53.5 Å². The van der Waals surface area contributed by atoms with Gasteiger partial charge in [0.05, 0.1) is 19.9 Å². The number of benzene rings is 2. The van der Waals surface area contributed by atoms with Gasteiger partial charge in [0.1, 0.15) is 17.5 Å². The minimum Gasteiger partial charge on any atom is -0.497 e. The molecule has 172 valence electrons. The van der Waals surface area contributed by atoms with Crippen molar-refractivity contribution in [1.82, 2.24) is 9.78 Å². The number of amidine groups is 1. The lowest BCUT2D eigenvalue weighted by atomic mass is 10.0. The maximum Gasteiger partial charge on any atom is 0.291 e. The number of hydrogen-bond donors (Lipinski definition) is 0. The first-order valence-corrected chi connectivity index (χ1v) is 11.1. The average Bonchev–Trinajstić information content (AvgIpc) is 3.29. The molecule has 1 aromatic heterocycles. The van der Waals surface area contributed by atoms with Gasteiger partial charge >= 0.3 is 0 Å². The van der Waals surface area contributed by atoms with E-state index < -0.39 is 0 Å². The summed E-state index contributed by atoms with van der Waals surface area (Å²) >= 11 is 0. The van der Waals surface area contributed by atoms with E-state index in [2.05, 4.69) is 16.2 Å². The van der Waals surface area contributed by atoms with Crippen LogP contribution in [0.1, 0.15) is 28.2 Å². The van der Waals surface area contributed by atoms with Crippen molar-refractivity contribution in [2.75, 3.05) is 43.7 Å². The molecule has 0 spiro atoms. The van der Waals surface area contributed by atoms with E-state index in [1.54, 1.807) is 35.9 Å². The normalized spacial score (nSPS) is 15.4. The first-order chi connectivity index (χ1) is 16.6. The van der Waals surface area contributed by atoms with Crippen molar-refractivity contribution >= 4 is 23.3 Å². The van der Waals surface area contributed by atoms with Crippen LogP contribution in [0.3, 0.4) is 0 Å². The SMILES string of the molecule is COC1=NCCCN1c1ccc(N2CCc3c(C#N)nn(-c4ccc(OC)cc4)c3C2=O)cc1. The Hall–Kier alpha value is -4.32. The fourth-order valence-electron chi connectivity index (χ4n) is 4.42. The van der Waals surface area contributed by atoms with E-state index in [-0.39, 0.29) is 11.6 Å². The third-order valence-electron chi connectivity index (χ3n) is 6.11. The summed E-state index contributed by atoms with van der Waals surface area (Å²) in [6.07, 6.45) is 1.51. The lowest BCUT2D eigenvalue weighted by Crippen LogP contribution is -2.39. The van der Waals surface area contributed by atoms with Crippen LogP contribution >= 0.6 is 0 Å². The van der Waals surface area contributed by atoms with E-state index in [9.17, 15) is 10.1 Å². The van der Waals surface area contributed by atoms with Gasteiger partial charge in [-0.2, -0.15) is 10.4 Å². The minimum absolute atomic E-state index is 0.184. The lowest BCUT2D eigenvalue weighted by Gasteiger charge is -2.30. The molecule has 2 aliphatic rings. The molecule has 1 amide bonds. The third-order valence-corrected chi connectivity index (χ3v) is 6.11. The van der Waals surface area contributed by atoms with Gasteiger partial charge < -0.3 is 14.4 Å². The summed E-state index contributed by atoms with van der Waals surface area (Å²) in [6, 6.07) is 17.8. The van der Waals surface area contributed by atoms with Gasteiger partial charge in [-0.1, -0.05) is 0 Å². The van der Waals surface area contributed by atoms with Crippen molar-refractivity contribution in [3.63, 3.8) is 0 Å². The van der Waals surface area contributed by atoms with Crippen LogP contribution in [-0.4, -0.2) is 55.6 Å². The number of hydrogen-bond acceptors (Lipinski definition) is 7. The fraction of sp³-hybridized carbons (Fsp3) is 0.280. The van der Waals surface area contributed by atoms with Gasteiger partial charge in [0.2, 0.25) is 0 Å². The standard InChI is InChI=1S/C25H24N6O3/c1-33-20-10-8-19(9-11-20)31-23-21(22(16-26)28-31)12-15-29(24(23)32)17-4-6-18(7-5-17)30-14-3-13-27-25(30)34-2/h4-11H,3,12-15H2,1-2H3. The molecule has 0 fully saturated rings. The molecule has 0 atom stereocenters. The quantitative estimate of drug-likeness (QED) is 0.598. The average molecular weight is 457 g/mol. The van der Waals surface area contributed by atoms with Gasteiger partial charge in [0.25, 0.3) is 11.9 Å². The number of aliphatic imine (C=N–C) groups is 1. The van der Waals surface area contributed by atoms with E-state index in [1.165, 1.54) is 0 Å². The monoisotopic (exact) mass is 456 g/mol. The number of nitriles is 1. The number of aromatic nitrogens is 2. The predicted octanol–water partition coefficient (Wildman–Crippen LogP) is 3.17.